The van der Waals surface area contributed by atoms with Crippen molar-refractivity contribution in [2.75, 3.05) is 13.2 Å². The maximum Gasteiger partial charge on any atom is 0.306 e. The van der Waals surface area contributed by atoms with Crippen LogP contribution in [-0.2, 0) is 28.6 Å². The SMILES string of the molecule is CCCCC/C=C\C/C=C\CCCCCCCC(=O)OC[C@H](COC(=O)CCCCCCCCC/C=C\CCCCCCCCCC)OC(=O)CCCCCCC/C=C\C/C=C\CCCCC. The highest BCUT2D eigenvalue weighted by Crippen LogP contribution is 2.15. The van der Waals surface area contributed by atoms with Crippen LogP contribution in [0.1, 0.15) is 290 Å². The van der Waals surface area contributed by atoms with Gasteiger partial charge in [-0.1, -0.05) is 223 Å². The van der Waals surface area contributed by atoms with Crippen molar-refractivity contribution in [3.63, 3.8) is 0 Å². The van der Waals surface area contributed by atoms with Gasteiger partial charge in [0.05, 0.1) is 0 Å². The zero-order valence-electron chi connectivity index (χ0n) is 44.4. The smallest absolute Gasteiger partial charge is 0.306 e. The maximum absolute atomic E-state index is 12.8. The molecule has 6 nitrogen and oxygen atoms in total. The third-order valence-electron chi connectivity index (χ3n) is 12.5. The summed E-state index contributed by atoms with van der Waals surface area (Å²) >= 11 is 0. The van der Waals surface area contributed by atoms with Crippen LogP contribution in [0.3, 0.4) is 0 Å². The Kier molecular flexibility index (Phi) is 53.3. The second kappa shape index (κ2) is 55.7. The minimum atomic E-state index is -0.789. The quantitative estimate of drug-likeness (QED) is 0.0262. The number of rotatable bonds is 52. The Morgan fingerprint density at radius 1 is 0.299 bits per heavy atom. The van der Waals surface area contributed by atoms with E-state index in [2.05, 4.69) is 81.5 Å². The number of carbonyl (C=O) groups excluding carboxylic acids is 3. The molecular weight excluding hydrogens is 829 g/mol. The molecule has 67 heavy (non-hydrogen) atoms. The van der Waals surface area contributed by atoms with Crippen LogP contribution in [0, 0.1) is 0 Å². The molecular formula is C61H108O6. The van der Waals surface area contributed by atoms with Gasteiger partial charge in [-0.2, -0.15) is 0 Å². The fourth-order valence-corrected chi connectivity index (χ4v) is 8.09. The number of esters is 3. The van der Waals surface area contributed by atoms with E-state index in [4.69, 9.17) is 14.2 Å². The number of unbranched alkanes of at least 4 members (excludes halogenated alkanes) is 31. The molecule has 0 amide bonds. The van der Waals surface area contributed by atoms with Crippen molar-refractivity contribution in [2.24, 2.45) is 0 Å². The summed E-state index contributed by atoms with van der Waals surface area (Å²) in [6.45, 7) is 6.58. The Morgan fingerprint density at radius 2 is 0.537 bits per heavy atom. The molecule has 0 aliphatic rings. The van der Waals surface area contributed by atoms with Gasteiger partial charge < -0.3 is 14.2 Å². The molecule has 0 rings (SSSR count). The van der Waals surface area contributed by atoms with Crippen molar-refractivity contribution >= 4 is 17.9 Å². The van der Waals surface area contributed by atoms with Gasteiger partial charge in [0.25, 0.3) is 0 Å². The average molecular weight is 938 g/mol. The van der Waals surface area contributed by atoms with E-state index in [-0.39, 0.29) is 31.1 Å². The van der Waals surface area contributed by atoms with E-state index in [1.807, 2.05) is 0 Å². The van der Waals surface area contributed by atoms with Crippen LogP contribution in [0.2, 0.25) is 0 Å². The summed E-state index contributed by atoms with van der Waals surface area (Å²) in [4.78, 5) is 38.1. The molecule has 0 aromatic heterocycles. The van der Waals surface area contributed by atoms with Crippen LogP contribution in [0.4, 0.5) is 0 Å². The molecule has 0 fully saturated rings. The molecule has 0 aromatic carbocycles. The first-order valence-electron chi connectivity index (χ1n) is 28.8. The monoisotopic (exact) mass is 937 g/mol. The number of allylic oxidation sites excluding steroid dienone is 10. The molecule has 0 saturated heterocycles. The maximum atomic E-state index is 12.8. The lowest BCUT2D eigenvalue weighted by Gasteiger charge is -2.18. The van der Waals surface area contributed by atoms with Crippen molar-refractivity contribution in [3.05, 3.63) is 60.8 Å². The van der Waals surface area contributed by atoms with E-state index in [0.717, 1.165) is 103 Å². The first kappa shape index (κ1) is 64.1. The molecule has 0 heterocycles. The van der Waals surface area contributed by atoms with Crippen molar-refractivity contribution < 1.29 is 28.6 Å². The lowest BCUT2D eigenvalue weighted by atomic mass is 10.1. The first-order chi connectivity index (χ1) is 33.0. The zero-order chi connectivity index (χ0) is 48.6. The van der Waals surface area contributed by atoms with Gasteiger partial charge in [-0.05, 0) is 109 Å². The van der Waals surface area contributed by atoms with Gasteiger partial charge in [-0.25, -0.2) is 0 Å². The summed E-state index contributed by atoms with van der Waals surface area (Å²) in [6.07, 6.45) is 69.2. The van der Waals surface area contributed by atoms with Gasteiger partial charge in [-0.15, -0.1) is 0 Å². The summed E-state index contributed by atoms with van der Waals surface area (Å²) in [5, 5.41) is 0. The fraction of sp³-hybridized carbons (Fsp3) is 0.787. The third kappa shape index (κ3) is 53.9. The highest BCUT2D eigenvalue weighted by atomic mass is 16.6. The largest absolute Gasteiger partial charge is 0.462 e. The van der Waals surface area contributed by atoms with Crippen molar-refractivity contribution in [2.45, 2.75) is 297 Å². The summed E-state index contributed by atoms with van der Waals surface area (Å²) in [5.74, 6) is -0.909. The van der Waals surface area contributed by atoms with Crippen LogP contribution >= 0.6 is 0 Å². The molecule has 0 bridgehead atoms. The van der Waals surface area contributed by atoms with Gasteiger partial charge in [0.2, 0.25) is 0 Å². The number of carbonyl (C=O) groups is 3. The molecule has 0 aliphatic carbocycles. The van der Waals surface area contributed by atoms with Gasteiger partial charge in [0, 0.05) is 19.3 Å². The Bertz CT molecular complexity index is 1210. The average Bonchev–Trinajstić information content (AvgIpc) is 3.33. The molecule has 0 aromatic rings. The van der Waals surface area contributed by atoms with Crippen LogP contribution in [0.15, 0.2) is 60.8 Å². The van der Waals surface area contributed by atoms with Crippen molar-refractivity contribution in [1.82, 2.24) is 0 Å². The van der Waals surface area contributed by atoms with E-state index < -0.39 is 6.10 Å². The highest BCUT2D eigenvalue weighted by Gasteiger charge is 2.19. The second-order valence-electron chi connectivity index (χ2n) is 19.2. The molecule has 0 N–H and O–H groups in total. The zero-order valence-corrected chi connectivity index (χ0v) is 44.4. The number of hydrogen-bond donors (Lipinski definition) is 0. The van der Waals surface area contributed by atoms with Gasteiger partial charge >= 0.3 is 17.9 Å². The topological polar surface area (TPSA) is 78.9 Å². The van der Waals surface area contributed by atoms with Crippen molar-refractivity contribution in [3.8, 4) is 0 Å². The number of ether oxygens (including phenoxy) is 3. The van der Waals surface area contributed by atoms with Gasteiger partial charge in [0.1, 0.15) is 13.2 Å². The van der Waals surface area contributed by atoms with Crippen LogP contribution in [0.5, 0.6) is 0 Å². The molecule has 388 valence electrons. The number of hydrogen-bond acceptors (Lipinski definition) is 6. The van der Waals surface area contributed by atoms with Crippen LogP contribution in [0.25, 0.3) is 0 Å². The Hall–Kier alpha value is -2.89. The van der Waals surface area contributed by atoms with E-state index >= 15 is 0 Å². The highest BCUT2D eigenvalue weighted by molar-refractivity contribution is 5.71. The molecule has 0 spiro atoms. The molecule has 0 aliphatic heterocycles. The van der Waals surface area contributed by atoms with E-state index in [1.165, 1.54) is 148 Å². The lowest BCUT2D eigenvalue weighted by molar-refractivity contribution is -0.167. The fourth-order valence-electron chi connectivity index (χ4n) is 8.09. The second-order valence-corrected chi connectivity index (χ2v) is 19.2. The predicted molar refractivity (Wildman–Crippen MR) is 288 cm³/mol. The molecule has 0 unspecified atom stereocenters. The van der Waals surface area contributed by atoms with Gasteiger partial charge in [-0.3, -0.25) is 14.4 Å². The van der Waals surface area contributed by atoms with Crippen LogP contribution in [-0.4, -0.2) is 37.2 Å². The Labute approximate surface area is 415 Å². The van der Waals surface area contributed by atoms with E-state index in [1.54, 1.807) is 0 Å². The summed E-state index contributed by atoms with van der Waals surface area (Å²) in [5.41, 5.74) is 0. The third-order valence-corrected chi connectivity index (χ3v) is 12.5. The van der Waals surface area contributed by atoms with E-state index in [9.17, 15) is 14.4 Å². The van der Waals surface area contributed by atoms with Crippen molar-refractivity contribution in [1.29, 1.82) is 0 Å². The minimum absolute atomic E-state index is 0.0860. The van der Waals surface area contributed by atoms with Gasteiger partial charge in [0.15, 0.2) is 6.10 Å². The van der Waals surface area contributed by atoms with E-state index in [0.29, 0.717) is 19.3 Å². The normalized spacial score (nSPS) is 12.5. The summed E-state index contributed by atoms with van der Waals surface area (Å²) < 4.78 is 16.8. The molecule has 0 radical (unpaired) electrons. The Morgan fingerprint density at radius 3 is 0.866 bits per heavy atom. The van der Waals surface area contributed by atoms with Crippen LogP contribution < -0.4 is 0 Å². The minimum Gasteiger partial charge on any atom is -0.462 e. The molecule has 0 saturated carbocycles. The molecule has 1 atom stereocenters. The summed E-state index contributed by atoms with van der Waals surface area (Å²) in [6, 6.07) is 0. The predicted octanol–water partition coefficient (Wildman–Crippen LogP) is 19.2. The first-order valence-corrected chi connectivity index (χ1v) is 28.8. The standard InChI is InChI=1S/C61H108O6/c1-4-7-10-13-16-19-22-25-28-29-30-31-34-36-39-42-45-48-51-54-60(63)66-57-58(67-61(64)55-52-49-46-43-40-37-33-27-24-21-18-15-12-9-6-3)56-65-59(62)53-50-47-44-41-38-35-32-26-23-20-17-14-11-8-5-2/h17-18,20-21,26-27,29-30,32-33,58H,4-16,19,22-25,28,31,34-57H2,1-3H3/b20-17-,21-18-,30-29-,32-26-,33-27-/t58-/m1/s1. The Balaban J connectivity index is 4.40. The lowest BCUT2D eigenvalue weighted by Crippen LogP contribution is -2.30. The molecule has 6 heteroatoms. The summed E-state index contributed by atoms with van der Waals surface area (Å²) in [7, 11) is 0.